The molecule has 0 fully saturated rings. The summed E-state index contributed by atoms with van der Waals surface area (Å²) in [5, 5.41) is 5.37. The highest BCUT2D eigenvalue weighted by atomic mass is 32.2. The topological polar surface area (TPSA) is 119 Å². The molecule has 0 radical (unpaired) electrons. The molecule has 2 heterocycles. The van der Waals surface area contributed by atoms with Crippen molar-refractivity contribution in [1.82, 2.24) is 10.3 Å². The highest BCUT2D eigenvalue weighted by Crippen LogP contribution is 2.33. The van der Waals surface area contributed by atoms with Crippen LogP contribution in [0, 0.1) is 0 Å². The monoisotopic (exact) mass is 440 g/mol. The first-order chi connectivity index (χ1) is 15.0. The van der Waals surface area contributed by atoms with E-state index >= 15 is 0 Å². The van der Waals surface area contributed by atoms with Crippen LogP contribution in [0.3, 0.4) is 0 Å². The lowest BCUT2D eigenvalue weighted by Crippen LogP contribution is -2.28. The smallest absolute Gasteiger partial charge is 0.319 e. The quantitative estimate of drug-likeness (QED) is 0.542. The first kappa shape index (κ1) is 20.5. The molecule has 9 nitrogen and oxygen atoms in total. The number of benzene rings is 2. The molecule has 4 rings (SSSR count). The maximum Gasteiger partial charge on any atom is 0.319 e. The number of amides is 2. The summed E-state index contributed by atoms with van der Waals surface area (Å²) in [6.07, 6.45) is 3.32. The zero-order chi connectivity index (χ0) is 21.7. The number of rotatable bonds is 6. The third-order valence-corrected chi connectivity index (χ3v) is 5.79. The molecule has 31 heavy (non-hydrogen) atoms. The molecule has 1 aliphatic rings. The molecule has 10 heteroatoms. The number of aromatic nitrogens is 1. The van der Waals surface area contributed by atoms with Gasteiger partial charge in [0.15, 0.2) is 11.5 Å². The van der Waals surface area contributed by atoms with E-state index in [1.807, 2.05) is 6.07 Å². The number of carbonyl (C=O) groups excluding carboxylic acids is 1. The van der Waals surface area contributed by atoms with Crippen LogP contribution in [0.4, 0.5) is 16.2 Å². The Balaban J connectivity index is 1.37. The van der Waals surface area contributed by atoms with E-state index in [0.717, 1.165) is 5.56 Å². The molecule has 0 unspecified atom stereocenters. The lowest BCUT2D eigenvalue weighted by Gasteiger charge is -2.19. The zero-order valence-electron chi connectivity index (χ0n) is 16.4. The number of fused-ring (bicyclic) bond motifs is 1. The molecule has 160 valence electrons. The molecule has 3 N–H and O–H groups in total. The molecule has 1 aromatic heterocycles. The second-order valence-corrected chi connectivity index (χ2v) is 8.34. The largest absolute Gasteiger partial charge is 0.486 e. The van der Waals surface area contributed by atoms with Crippen molar-refractivity contribution < 1.29 is 22.7 Å². The Hall–Kier alpha value is -3.79. The first-order valence-electron chi connectivity index (χ1n) is 9.46. The number of anilines is 2. The number of hydrogen-bond donors (Lipinski definition) is 3. The van der Waals surface area contributed by atoms with Gasteiger partial charge in [0.1, 0.15) is 13.2 Å². The van der Waals surface area contributed by atoms with E-state index in [4.69, 9.17) is 9.47 Å². The van der Waals surface area contributed by atoms with Crippen LogP contribution in [-0.2, 0) is 16.6 Å². The predicted molar refractivity (Wildman–Crippen MR) is 115 cm³/mol. The van der Waals surface area contributed by atoms with Crippen LogP contribution in [0.15, 0.2) is 71.9 Å². The van der Waals surface area contributed by atoms with Crippen molar-refractivity contribution in [1.29, 1.82) is 0 Å². The fourth-order valence-corrected chi connectivity index (χ4v) is 3.95. The maximum atomic E-state index is 12.7. The van der Waals surface area contributed by atoms with Crippen LogP contribution in [0.25, 0.3) is 0 Å². The Labute approximate surface area is 179 Å². The summed E-state index contributed by atoms with van der Waals surface area (Å²) in [6, 6.07) is 13.9. The van der Waals surface area contributed by atoms with Crippen molar-refractivity contribution in [2.75, 3.05) is 23.3 Å². The van der Waals surface area contributed by atoms with Gasteiger partial charge in [0, 0.05) is 30.7 Å². The van der Waals surface area contributed by atoms with Crippen molar-refractivity contribution in [3.05, 3.63) is 72.6 Å². The van der Waals surface area contributed by atoms with Crippen molar-refractivity contribution in [3.63, 3.8) is 0 Å². The normalized spacial score (nSPS) is 12.6. The lowest BCUT2D eigenvalue weighted by atomic mass is 10.3. The molecule has 0 atom stereocenters. The van der Waals surface area contributed by atoms with Gasteiger partial charge in [0.05, 0.1) is 10.6 Å². The summed E-state index contributed by atoms with van der Waals surface area (Å²) in [6.45, 7) is 1.19. The van der Waals surface area contributed by atoms with Gasteiger partial charge in [-0.3, -0.25) is 9.71 Å². The van der Waals surface area contributed by atoms with Gasteiger partial charge in [0.2, 0.25) is 0 Å². The standard InChI is InChI=1S/C21H20N4O5S/c26-21(23-14-15-2-1-9-22-13-15)24-16-3-6-18(7-4-16)31(27,28)25-17-5-8-19-20(12-17)30-11-10-29-19/h1-9,12-13,25H,10-11,14H2,(H2,23,24,26). The number of hydrogen-bond acceptors (Lipinski definition) is 6. The number of nitrogens with zero attached hydrogens (tertiary/aromatic N) is 1. The summed E-state index contributed by atoms with van der Waals surface area (Å²) in [7, 11) is -3.81. The lowest BCUT2D eigenvalue weighted by molar-refractivity contribution is 0.171. The number of ether oxygens (including phenoxy) is 2. The van der Waals surface area contributed by atoms with Crippen LogP contribution < -0.4 is 24.8 Å². The van der Waals surface area contributed by atoms with Gasteiger partial charge in [-0.2, -0.15) is 0 Å². The highest BCUT2D eigenvalue weighted by Gasteiger charge is 2.17. The summed E-state index contributed by atoms with van der Waals surface area (Å²) >= 11 is 0. The average Bonchev–Trinajstić information content (AvgIpc) is 2.78. The number of pyridine rings is 1. The average molecular weight is 440 g/mol. The van der Waals surface area contributed by atoms with E-state index in [1.165, 1.54) is 24.3 Å². The Morgan fingerprint density at radius 3 is 2.45 bits per heavy atom. The van der Waals surface area contributed by atoms with Gasteiger partial charge in [-0.15, -0.1) is 0 Å². The Morgan fingerprint density at radius 2 is 1.71 bits per heavy atom. The highest BCUT2D eigenvalue weighted by molar-refractivity contribution is 7.92. The third-order valence-electron chi connectivity index (χ3n) is 4.39. The molecule has 0 aliphatic carbocycles. The molecular weight excluding hydrogens is 420 g/mol. The van der Waals surface area contributed by atoms with E-state index in [2.05, 4.69) is 20.3 Å². The van der Waals surface area contributed by atoms with Crippen LogP contribution in [0.2, 0.25) is 0 Å². The van der Waals surface area contributed by atoms with Crippen molar-refractivity contribution >= 4 is 27.4 Å². The van der Waals surface area contributed by atoms with E-state index in [-0.39, 0.29) is 4.90 Å². The van der Waals surface area contributed by atoms with Crippen molar-refractivity contribution in [2.45, 2.75) is 11.4 Å². The van der Waals surface area contributed by atoms with Gasteiger partial charge in [-0.25, -0.2) is 13.2 Å². The summed E-state index contributed by atoms with van der Waals surface area (Å²) in [5.74, 6) is 1.06. The van der Waals surface area contributed by atoms with Gasteiger partial charge in [-0.05, 0) is 48.0 Å². The van der Waals surface area contributed by atoms with Crippen LogP contribution >= 0.6 is 0 Å². The number of sulfonamides is 1. The number of urea groups is 1. The van der Waals surface area contributed by atoms with E-state index in [9.17, 15) is 13.2 Å². The summed E-state index contributed by atoms with van der Waals surface area (Å²) < 4.78 is 38.8. The Bertz CT molecular complexity index is 1170. The second kappa shape index (κ2) is 8.92. The van der Waals surface area contributed by atoms with Crippen LogP contribution in [-0.4, -0.2) is 32.6 Å². The molecule has 2 aromatic carbocycles. The maximum absolute atomic E-state index is 12.7. The molecule has 3 aromatic rings. The first-order valence-corrected chi connectivity index (χ1v) is 10.9. The zero-order valence-corrected chi connectivity index (χ0v) is 17.2. The number of carbonyl (C=O) groups is 1. The fourth-order valence-electron chi connectivity index (χ4n) is 2.90. The molecule has 0 spiro atoms. The van der Waals surface area contributed by atoms with Crippen LogP contribution in [0.5, 0.6) is 11.5 Å². The molecular formula is C21H20N4O5S. The minimum absolute atomic E-state index is 0.0590. The minimum Gasteiger partial charge on any atom is -0.486 e. The summed E-state index contributed by atoms with van der Waals surface area (Å²) in [5.41, 5.74) is 1.69. The van der Waals surface area contributed by atoms with Gasteiger partial charge >= 0.3 is 6.03 Å². The number of nitrogens with one attached hydrogen (secondary N) is 3. The van der Waals surface area contributed by atoms with E-state index < -0.39 is 16.1 Å². The molecule has 0 bridgehead atoms. The Morgan fingerprint density at radius 1 is 0.968 bits per heavy atom. The van der Waals surface area contributed by atoms with Gasteiger partial charge < -0.3 is 20.1 Å². The summed E-state index contributed by atoms with van der Waals surface area (Å²) in [4.78, 5) is 16.1. The van der Waals surface area contributed by atoms with Crippen LogP contribution in [0.1, 0.15) is 5.56 Å². The van der Waals surface area contributed by atoms with Gasteiger partial charge in [0.25, 0.3) is 10.0 Å². The molecule has 1 aliphatic heterocycles. The SMILES string of the molecule is O=C(NCc1cccnc1)Nc1ccc(S(=O)(=O)Nc2ccc3c(c2)OCCO3)cc1. The second-order valence-electron chi connectivity index (χ2n) is 6.66. The van der Waals surface area contributed by atoms with E-state index in [0.29, 0.717) is 42.6 Å². The van der Waals surface area contributed by atoms with Crippen molar-refractivity contribution in [3.8, 4) is 11.5 Å². The van der Waals surface area contributed by atoms with Crippen molar-refractivity contribution in [2.24, 2.45) is 0 Å². The molecule has 2 amide bonds. The third kappa shape index (κ3) is 5.23. The van der Waals surface area contributed by atoms with E-state index in [1.54, 1.807) is 36.7 Å². The minimum atomic E-state index is -3.81. The van der Waals surface area contributed by atoms with Gasteiger partial charge in [-0.1, -0.05) is 6.07 Å². The molecule has 0 saturated carbocycles. The Kier molecular flexibility index (Phi) is 5.89. The molecule has 0 saturated heterocycles. The predicted octanol–water partition coefficient (Wildman–Crippen LogP) is 2.98. The fraction of sp³-hybridized carbons (Fsp3) is 0.143.